The van der Waals surface area contributed by atoms with Crippen LogP contribution in [0.2, 0.25) is 0 Å². The van der Waals surface area contributed by atoms with Crippen molar-refractivity contribution < 1.29 is 27.4 Å². The van der Waals surface area contributed by atoms with E-state index in [0.29, 0.717) is 17.1 Å². The zero-order chi connectivity index (χ0) is 22.3. The summed E-state index contributed by atoms with van der Waals surface area (Å²) in [7, 11) is 0. The molecule has 0 aliphatic heterocycles. The maximum Gasteiger partial charge on any atom is 0.573 e. The molecule has 0 fully saturated rings. The number of hydrogen-bond acceptors (Lipinski definition) is 6. The summed E-state index contributed by atoms with van der Waals surface area (Å²) in [5.74, 6) is -0.333. The van der Waals surface area contributed by atoms with Crippen LogP contribution < -0.4 is 20.1 Å². The van der Waals surface area contributed by atoms with Crippen LogP contribution >= 0.6 is 0 Å². The molecule has 7 nitrogen and oxygen atoms in total. The SMILES string of the molecule is N#Cc1cccnc1Oc1ccccc1NCC(=O)Nc1ccc(OC(F)(F)F)cc1. The molecule has 1 aromatic heterocycles. The first kappa shape index (κ1) is 21.4. The maximum atomic E-state index is 12.2. The summed E-state index contributed by atoms with van der Waals surface area (Å²) >= 11 is 0. The Morgan fingerprint density at radius 1 is 1.06 bits per heavy atom. The lowest BCUT2D eigenvalue weighted by molar-refractivity contribution is -0.274. The predicted octanol–water partition coefficient (Wildman–Crippen LogP) is 4.69. The maximum absolute atomic E-state index is 12.2. The Bertz CT molecular complexity index is 1100. The first-order chi connectivity index (χ1) is 14.8. The Morgan fingerprint density at radius 2 is 1.81 bits per heavy atom. The van der Waals surface area contributed by atoms with Crippen LogP contribution in [0, 0.1) is 11.3 Å². The molecule has 0 bridgehead atoms. The van der Waals surface area contributed by atoms with Gasteiger partial charge >= 0.3 is 6.36 Å². The van der Waals surface area contributed by atoms with E-state index in [9.17, 15) is 18.0 Å². The summed E-state index contributed by atoms with van der Waals surface area (Å²) in [6.45, 7) is -0.144. The second-order valence-electron chi connectivity index (χ2n) is 6.04. The van der Waals surface area contributed by atoms with E-state index in [1.807, 2.05) is 6.07 Å². The third-order valence-corrected chi connectivity index (χ3v) is 3.80. The van der Waals surface area contributed by atoms with Crippen LogP contribution in [-0.4, -0.2) is 23.8 Å². The zero-order valence-corrected chi connectivity index (χ0v) is 15.8. The standard InChI is InChI=1S/C21H15F3N4O3/c22-21(23,24)31-16-9-7-15(8-10-16)28-19(29)13-27-17-5-1-2-6-18(17)30-20-14(12-25)4-3-11-26-20/h1-11,27H,13H2,(H,28,29). The normalized spacial score (nSPS) is 10.6. The fourth-order valence-electron chi connectivity index (χ4n) is 2.48. The number of nitrogens with one attached hydrogen (secondary N) is 2. The highest BCUT2D eigenvalue weighted by molar-refractivity contribution is 5.94. The minimum atomic E-state index is -4.78. The molecule has 1 heterocycles. The Morgan fingerprint density at radius 3 is 2.52 bits per heavy atom. The average Bonchev–Trinajstić information content (AvgIpc) is 2.74. The van der Waals surface area contributed by atoms with E-state index in [1.54, 1.807) is 36.4 Å². The summed E-state index contributed by atoms with van der Waals surface area (Å²) < 4.78 is 46.1. The first-order valence-corrected chi connectivity index (χ1v) is 8.85. The molecule has 0 unspecified atom stereocenters. The van der Waals surface area contributed by atoms with E-state index >= 15 is 0 Å². The van der Waals surface area contributed by atoms with Gasteiger partial charge in [-0.05, 0) is 48.5 Å². The number of para-hydroxylation sites is 2. The van der Waals surface area contributed by atoms with Gasteiger partial charge < -0.3 is 20.1 Å². The van der Waals surface area contributed by atoms with Gasteiger partial charge in [-0.25, -0.2) is 4.98 Å². The lowest BCUT2D eigenvalue weighted by Gasteiger charge is -2.13. The van der Waals surface area contributed by atoms with Crippen LogP contribution in [0.25, 0.3) is 0 Å². The van der Waals surface area contributed by atoms with E-state index in [4.69, 9.17) is 10.00 Å². The second-order valence-corrected chi connectivity index (χ2v) is 6.04. The van der Waals surface area contributed by atoms with Gasteiger partial charge in [0.05, 0.1) is 12.2 Å². The molecule has 0 aliphatic carbocycles. The van der Waals surface area contributed by atoms with Gasteiger partial charge in [0.2, 0.25) is 11.8 Å². The monoisotopic (exact) mass is 428 g/mol. The lowest BCUT2D eigenvalue weighted by Crippen LogP contribution is -2.22. The van der Waals surface area contributed by atoms with Gasteiger partial charge in [0, 0.05) is 11.9 Å². The summed E-state index contributed by atoms with van der Waals surface area (Å²) in [5.41, 5.74) is 1.05. The van der Waals surface area contributed by atoms with Crippen molar-refractivity contribution in [2.75, 3.05) is 17.2 Å². The van der Waals surface area contributed by atoms with Crippen LogP contribution in [0.3, 0.4) is 0 Å². The van der Waals surface area contributed by atoms with Crippen molar-refractivity contribution in [2.24, 2.45) is 0 Å². The summed E-state index contributed by atoms with van der Waals surface area (Å²) in [6, 6.07) is 16.7. The number of carbonyl (C=O) groups excluding carboxylic acids is 1. The molecular weight excluding hydrogens is 413 g/mol. The molecule has 0 atom stereocenters. The third kappa shape index (κ3) is 6.37. The van der Waals surface area contributed by atoms with Crippen molar-refractivity contribution in [2.45, 2.75) is 6.36 Å². The zero-order valence-electron chi connectivity index (χ0n) is 15.8. The number of nitrogens with zero attached hydrogens (tertiary/aromatic N) is 2. The van der Waals surface area contributed by atoms with Crippen LogP contribution in [0.5, 0.6) is 17.4 Å². The molecule has 0 spiro atoms. The Balaban J connectivity index is 1.60. The highest BCUT2D eigenvalue weighted by Gasteiger charge is 2.30. The van der Waals surface area contributed by atoms with Gasteiger partial charge in [-0.1, -0.05) is 12.1 Å². The number of anilines is 2. The van der Waals surface area contributed by atoms with Gasteiger partial charge in [0.25, 0.3) is 0 Å². The van der Waals surface area contributed by atoms with Crippen LogP contribution in [-0.2, 0) is 4.79 Å². The molecule has 1 amide bonds. The summed E-state index contributed by atoms with van der Waals surface area (Å²) in [6.07, 6.45) is -3.29. The Kier molecular flexibility index (Phi) is 6.57. The molecule has 0 radical (unpaired) electrons. The minimum absolute atomic E-state index is 0.130. The topological polar surface area (TPSA) is 96.3 Å². The van der Waals surface area contributed by atoms with Gasteiger partial charge in [-0.15, -0.1) is 13.2 Å². The number of carbonyl (C=O) groups is 1. The number of hydrogen-bond donors (Lipinski definition) is 2. The van der Waals surface area contributed by atoms with Gasteiger partial charge in [-0.3, -0.25) is 4.79 Å². The summed E-state index contributed by atoms with van der Waals surface area (Å²) in [4.78, 5) is 16.2. The van der Waals surface area contributed by atoms with E-state index in [1.165, 1.54) is 18.3 Å². The fraction of sp³-hybridized carbons (Fsp3) is 0.0952. The number of alkyl halides is 3. The lowest BCUT2D eigenvalue weighted by atomic mass is 10.2. The number of benzene rings is 2. The Hall–Kier alpha value is -4.26. The van der Waals surface area contributed by atoms with Gasteiger partial charge in [-0.2, -0.15) is 5.26 Å². The molecule has 3 rings (SSSR count). The smallest absolute Gasteiger partial charge is 0.436 e. The highest BCUT2D eigenvalue weighted by Crippen LogP contribution is 2.29. The third-order valence-electron chi connectivity index (χ3n) is 3.80. The van der Waals surface area contributed by atoms with E-state index in [2.05, 4.69) is 20.4 Å². The molecule has 3 aromatic rings. The van der Waals surface area contributed by atoms with E-state index < -0.39 is 12.3 Å². The van der Waals surface area contributed by atoms with Crippen molar-refractivity contribution in [3.8, 4) is 23.4 Å². The quantitative estimate of drug-likeness (QED) is 0.567. The van der Waals surface area contributed by atoms with E-state index in [-0.39, 0.29) is 23.7 Å². The fourth-order valence-corrected chi connectivity index (χ4v) is 2.48. The van der Waals surface area contributed by atoms with Crippen molar-refractivity contribution in [3.63, 3.8) is 0 Å². The number of rotatable bonds is 7. The van der Waals surface area contributed by atoms with Crippen LogP contribution in [0.4, 0.5) is 24.5 Å². The highest BCUT2D eigenvalue weighted by atomic mass is 19.4. The molecule has 2 N–H and O–H groups in total. The van der Waals surface area contributed by atoms with Gasteiger partial charge in [0.15, 0.2) is 5.75 Å². The number of halogens is 3. The van der Waals surface area contributed by atoms with Crippen molar-refractivity contribution in [1.82, 2.24) is 4.98 Å². The Labute approximate surface area is 175 Å². The molecule has 0 saturated heterocycles. The van der Waals surface area contributed by atoms with Crippen molar-refractivity contribution >= 4 is 17.3 Å². The number of nitriles is 1. The number of ether oxygens (including phenoxy) is 2. The molecule has 2 aromatic carbocycles. The predicted molar refractivity (Wildman–Crippen MR) is 106 cm³/mol. The first-order valence-electron chi connectivity index (χ1n) is 8.85. The van der Waals surface area contributed by atoms with Crippen molar-refractivity contribution in [1.29, 1.82) is 5.26 Å². The number of aromatic nitrogens is 1. The summed E-state index contributed by atoms with van der Waals surface area (Å²) in [5, 5.41) is 14.6. The number of amides is 1. The van der Waals surface area contributed by atoms with Crippen molar-refractivity contribution in [3.05, 3.63) is 72.4 Å². The largest absolute Gasteiger partial charge is 0.573 e. The number of pyridine rings is 1. The molecule has 31 heavy (non-hydrogen) atoms. The molecule has 0 aliphatic rings. The van der Waals surface area contributed by atoms with Crippen LogP contribution in [0.15, 0.2) is 66.9 Å². The molecule has 158 valence electrons. The average molecular weight is 428 g/mol. The van der Waals surface area contributed by atoms with Crippen LogP contribution in [0.1, 0.15) is 5.56 Å². The minimum Gasteiger partial charge on any atom is -0.436 e. The second kappa shape index (κ2) is 9.49. The van der Waals surface area contributed by atoms with Gasteiger partial charge in [0.1, 0.15) is 17.4 Å². The molecular formula is C21H15F3N4O3. The molecule has 10 heteroatoms. The van der Waals surface area contributed by atoms with E-state index in [0.717, 1.165) is 12.1 Å². The molecule has 0 saturated carbocycles.